The normalized spacial score (nSPS) is 12.6. The first-order valence-electron chi connectivity index (χ1n) is 6.33. The summed E-state index contributed by atoms with van der Waals surface area (Å²) in [6.07, 6.45) is 2.78. The maximum Gasteiger partial charge on any atom is 0.148 e. The second-order valence-electron chi connectivity index (χ2n) is 4.24. The topological polar surface area (TPSA) is 25.2 Å². The minimum Gasteiger partial charge on any atom is -0.463 e. The molecule has 0 saturated carbocycles. The van der Waals surface area contributed by atoms with E-state index in [0.717, 1.165) is 28.8 Å². The molecule has 3 heteroatoms. The van der Waals surface area contributed by atoms with Crippen molar-refractivity contribution in [3.63, 3.8) is 0 Å². The lowest BCUT2D eigenvalue weighted by Crippen LogP contribution is -2.19. The van der Waals surface area contributed by atoms with Gasteiger partial charge in [-0.3, -0.25) is 0 Å². The van der Waals surface area contributed by atoms with Gasteiger partial charge in [0.2, 0.25) is 0 Å². The first-order chi connectivity index (χ1) is 8.76. The zero-order chi connectivity index (χ0) is 13.0. The van der Waals surface area contributed by atoms with Crippen molar-refractivity contribution < 1.29 is 4.42 Å². The number of nitrogens with one attached hydrogen (secondary N) is 1. The predicted molar refractivity (Wildman–Crippen MR) is 78.6 cm³/mol. The van der Waals surface area contributed by atoms with Crippen LogP contribution in [-0.2, 0) is 0 Å². The van der Waals surface area contributed by atoms with Crippen molar-refractivity contribution in [1.82, 2.24) is 5.32 Å². The van der Waals surface area contributed by atoms with Gasteiger partial charge < -0.3 is 9.73 Å². The van der Waals surface area contributed by atoms with Gasteiger partial charge in [-0.25, -0.2) is 0 Å². The second-order valence-corrected chi connectivity index (χ2v) is 5.10. The van der Waals surface area contributed by atoms with Crippen LogP contribution in [0.15, 0.2) is 45.5 Å². The first-order valence-corrected chi connectivity index (χ1v) is 7.12. The predicted octanol–water partition coefficient (Wildman–Crippen LogP) is 4.77. The van der Waals surface area contributed by atoms with Crippen LogP contribution in [0.5, 0.6) is 0 Å². The number of rotatable bonds is 5. The van der Waals surface area contributed by atoms with Crippen molar-refractivity contribution in [1.29, 1.82) is 0 Å². The fourth-order valence-electron chi connectivity index (χ4n) is 2.14. The van der Waals surface area contributed by atoms with Crippen molar-refractivity contribution in [2.24, 2.45) is 0 Å². The Bertz CT molecular complexity index is 507. The van der Waals surface area contributed by atoms with Crippen LogP contribution in [0.3, 0.4) is 0 Å². The summed E-state index contributed by atoms with van der Waals surface area (Å²) in [5.41, 5.74) is 2.42. The quantitative estimate of drug-likeness (QED) is 0.860. The van der Waals surface area contributed by atoms with E-state index in [1.54, 1.807) is 6.26 Å². The third kappa shape index (κ3) is 2.85. The number of benzene rings is 1. The average molecular weight is 308 g/mol. The molecule has 0 aliphatic carbocycles. The molecule has 0 aliphatic heterocycles. The maximum atomic E-state index is 5.51. The molecule has 18 heavy (non-hydrogen) atoms. The van der Waals surface area contributed by atoms with Crippen molar-refractivity contribution >= 4 is 15.9 Å². The Kier molecular flexibility index (Phi) is 4.61. The van der Waals surface area contributed by atoms with E-state index in [1.165, 1.54) is 5.56 Å². The summed E-state index contributed by atoms with van der Waals surface area (Å²) in [7, 11) is 0. The zero-order valence-electron chi connectivity index (χ0n) is 10.7. The van der Waals surface area contributed by atoms with Crippen molar-refractivity contribution in [3.8, 4) is 11.3 Å². The van der Waals surface area contributed by atoms with E-state index in [9.17, 15) is 0 Å². The van der Waals surface area contributed by atoms with Gasteiger partial charge in [0.15, 0.2) is 0 Å². The molecule has 2 aromatic rings. The Labute approximate surface area is 117 Å². The molecule has 0 spiro atoms. The molecule has 1 N–H and O–H groups in total. The van der Waals surface area contributed by atoms with E-state index < -0.39 is 0 Å². The number of furan rings is 1. The maximum absolute atomic E-state index is 5.51. The summed E-state index contributed by atoms with van der Waals surface area (Å²) >= 11 is 3.50. The lowest BCUT2D eigenvalue weighted by molar-refractivity contribution is 0.537. The molecule has 2 rings (SSSR count). The molecule has 96 valence electrons. The summed E-state index contributed by atoms with van der Waals surface area (Å²) < 4.78 is 6.51. The highest BCUT2D eigenvalue weighted by Crippen LogP contribution is 2.31. The van der Waals surface area contributed by atoms with E-state index >= 15 is 0 Å². The summed E-state index contributed by atoms with van der Waals surface area (Å²) in [5.74, 6) is 0.892. The summed E-state index contributed by atoms with van der Waals surface area (Å²) in [6, 6.07) is 10.8. The number of hydrogen-bond donors (Lipinski definition) is 1. The number of halogens is 1. The van der Waals surface area contributed by atoms with Gasteiger partial charge in [-0.05, 0) is 46.6 Å². The average Bonchev–Trinajstić information content (AvgIpc) is 2.82. The summed E-state index contributed by atoms with van der Waals surface area (Å²) in [6.45, 7) is 5.31. The van der Waals surface area contributed by atoms with Crippen LogP contribution in [-0.4, -0.2) is 6.54 Å². The van der Waals surface area contributed by atoms with Gasteiger partial charge in [-0.15, -0.1) is 0 Å². The van der Waals surface area contributed by atoms with Gasteiger partial charge in [-0.1, -0.05) is 32.0 Å². The smallest absolute Gasteiger partial charge is 0.148 e. The molecule has 2 nitrogen and oxygen atoms in total. The van der Waals surface area contributed by atoms with Gasteiger partial charge in [0.25, 0.3) is 0 Å². The van der Waals surface area contributed by atoms with Gasteiger partial charge in [-0.2, -0.15) is 0 Å². The fourth-order valence-corrected chi connectivity index (χ4v) is 2.57. The van der Waals surface area contributed by atoms with Crippen LogP contribution < -0.4 is 5.32 Å². The zero-order valence-corrected chi connectivity index (χ0v) is 12.3. The Morgan fingerprint density at radius 2 is 2.11 bits per heavy atom. The molecule has 0 amide bonds. The van der Waals surface area contributed by atoms with Crippen LogP contribution in [0.2, 0.25) is 0 Å². The van der Waals surface area contributed by atoms with E-state index in [1.807, 2.05) is 6.07 Å². The van der Waals surface area contributed by atoms with Crippen molar-refractivity contribution in [2.75, 3.05) is 6.54 Å². The van der Waals surface area contributed by atoms with E-state index in [4.69, 9.17) is 4.42 Å². The fraction of sp³-hybridized carbons (Fsp3) is 0.333. The van der Waals surface area contributed by atoms with Crippen molar-refractivity contribution in [2.45, 2.75) is 26.3 Å². The minimum absolute atomic E-state index is 0.406. The molecule has 1 atom stereocenters. The van der Waals surface area contributed by atoms with Crippen LogP contribution in [0.1, 0.15) is 31.9 Å². The molecule has 1 heterocycles. The summed E-state index contributed by atoms with van der Waals surface area (Å²) in [4.78, 5) is 0. The molecule has 1 aromatic carbocycles. The van der Waals surface area contributed by atoms with Crippen LogP contribution in [0.25, 0.3) is 11.3 Å². The molecule has 0 radical (unpaired) electrons. The molecular formula is C15H18BrNO. The van der Waals surface area contributed by atoms with Crippen LogP contribution >= 0.6 is 15.9 Å². The molecule has 0 aliphatic rings. The third-order valence-electron chi connectivity index (χ3n) is 3.03. The van der Waals surface area contributed by atoms with E-state index in [-0.39, 0.29) is 0 Å². The standard InChI is InChI=1S/C15H18BrNO/c1-3-14(17-4-2)11-6-5-7-12(10-11)15-13(16)8-9-18-15/h5-10,14,17H,3-4H2,1-2H3. The third-order valence-corrected chi connectivity index (χ3v) is 3.65. The van der Waals surface area contributed by atoms with Gasteiger partial charge in [0.1, 0.15) is 5.76 Å². The lowest BCUT2D eigenvalue weighted by Gasteiger charge is -2.16. The van der Waals surface area contributed by atoms with Crippen LogP contribution in [0, 0.1) is 0 Å². The van der Waals surface area contributed by atoms with E-state index in [2.05, 4.69) is 59.4 Å². The number of hydrogen-bond acceptors (Lipinski definition) is 2. The lowest BCUT2D eigenvalue weighted by atomic mass is 10.0. The highest BCUT2D eigenvalue weighted by atomic mass is 79.9. The molecular weight excluding hydrogens is 290 g/mol. The van der Waals surface area contributed by atoms with E-state index in [0.29, 0.717) is 6.04 Å². The van der Waals surface area contributed by atoms with Crippen molar-refractivity contribution in [3.05, 3.63) is 46.6 Å². The Hall–Kier alpha value is -1.06. The second kappa shape index (κ2) is 6.21. The molecule has 0 fully saturated rings. The summed E-state index contributed by atoms with van der Waals surface area (Å²) in [5, 5.41) is 3.49. The van der Waals surface area contributed by atoms with Gasteiger partial charge in [0, 0.05) is 11.6 Å². The van der Waals surface area contributed by atoms with Crippen LogP contribution in [0.4, 0.5) is 0 Å². The Morgan fingerprint density at radius 1 is 1.28 bits per heavy atom. The van der Waals surface area contributed by atoms with Gasteiger partial charge in [0.05, 0.1) is 10.7 Å². The SMILES string of the molecule is CCNC(CC)c1cccc(-c2occc2Br)c1. The largest absolute Gasteiger partial charge is 0.463 e. The minimum atomic E-state index is 0.406. The molecule has 1 unspecified atom stereocenters. The molecule has 0 saturated heterocycles. The molecule has 1 aromatic heterocycles. The molecule has 0 bridgehead atoms. The van der Waals surface area contributed by atoms with Gasteiger partial charge >= 0.3 is 0 Å². The Morgan fingerprint density at radius 3 is 2.72 bits per heavy atom. The monoisotopic (exact) mass is 307 g/mol. The highest BCUT2D eigenvalue weighted by Gasteiger charge is 2.11. The highest BCUT2D eigenvalue weighted by molar-refractivity contribution is 9.10. The first kappa shape index (κ1) is 13.4. The Balaban J connectivity index is 2.33.